The molecule has 0 aliphatic heterocycles. The minimum absolute atomic E-state index is 0.0436. The van der Waals surface area contributed by atoms with Crippen molar-refractivity contribution in [3.8, 4) is 0 Å². The molecule has 8 heteroatoms. The van der Waals surface area contributed by atoms with Crippen molar-refractivity contribution in [2.24, 2.45) is 0 Å². The highest BCUT2D eigenvalue weighted by Crippen LogP contribution is 2.29. The SMILES string of the molecule is CN(CCC(=O)O)S(=O)(=O)c1sccc1Cl. The molecule has 1 heterocycles. The molecule has 1 rings (SSSR count). The number of sulfonamides is 1. The molecule has 0 unspecified atom stereocenters. The van der Waals surface area contributed by atoms with E-state index in [0.29, 0.717) is 0 Å². The quantitative estimate of drug-likeness (QED) is 0.888. The third kappa shape index (κ3) is 2.94. The van der Waals surface area contributed by atoms with Crippen molar-refractivity contribution >= 4 is 38.9 Å². The smallest absolute Gasteiger partial charge is 0.304 e. The molecule has 0 radical (unpaired) electrons. The van der Waals surface area contributed by atoms with Gasteiger partial charge < -0.3 is 5.11 Å². The van der Waals surface area contributed by atoms with Gasteiger partial charge in [-0.3, -0.25) is 4.79 Å². The van der Waals surface area contributed by atoms with E-state index in [4.69, 9.17) is 16.7 Å². The Kier molecular flexibility index (Phi) is 4.31. The van der Waals surface area contributed by atoms with Crippen LogP contribution in [0.25, 0.3) is 0 Å². The van der Waals surface area contributed by atoms with E-state index in [2.05, 4.69) is 0 Å². The van der Waals surface area contributed by atoms with Crippen LogP contribution in [-0.2, 0) is 14.8 Å². The molecule has 0 spiro atoms. The Morgan fingerprint density at radius 2 is 2.25 bits per heavy atom. The number of aliphatic carboxylic acids is 1. The monoisotopic (exact) mass is 283 g/mol. The Morgan fingerprint density at radius 3 is 2.69 bits per heavy atom. The molecule has 0 amide bonds. The van der Waals surface area contributed by atoms with Crippen molar-refractivity contribution in [3.05, 3.63) is 16.5 Å². The van der Waals surface area contributed by atoms with E-state index in [1.807, 2.05) is 0 Å². The Labute approximate surface area is 102 Å². The maximum absolute atomic E-state index is 11.9. The number of carboxylic acids is 1. The van der Waals surface area contributed by atoms with Crippen molar-refractivity contribution in [2.75, 3.05) is 13.6 Å². The Hall–Kier alpha value is -0.630. The minimum Gasteiger partial charge on any atom is -0.481 e. The van der Waals surface area contributed by atoms with Crippen LogP contribution >= 0.6 is 22.9 Å². The third-order valence-electron chi connectivity index (χ3n) is 1.87. The summed E-state index contributed by atoms with van der Waals surface area (Å²) >= 11 is 6.73. The van der Waals surface area contributed by atoms with E-state index in [0.717, 1.165) is 15.6 Å². The first kappa shape index (κ1) is 13.4. The molecule has 0 atom stereocenters. The van der Waals surface area contributed by atoms with Crippen LogP contribution in [0.5, 0.6) is 0 Å². The van der Waals surface area contributed by atoms with Crippen LogP contribution in [0.2, 0.25) is 5.02 Å². The third-order valence-corrected chi connectivity index (χ3v) is 5.73. The second kappa shape index (κ2) is 5.13. The molecule has 0 aliphatic carbocycles. The summed E-state index contributed by atoms with van der Waals surface area (Å²) in [5, 5.41) is 10.2. The second-order valence-corrected chi connectivity index (χ2v) is 6.59. The lowest BCUT2D eigenvalue weighted by Crippen LogP contribution is -2.28. The molecule has 0 aliphatic rings. The first-order chi connectivity index (χ1) is 7.35. The normalized spacial score (nSPS) is 11.9. The lowest BCUT2D eigenvalue weighted by Gasteiger charge is -2.14. The summed E-state index contributed by atoms with van der Waals surface area (Å²) in [5.41, 5.74) is 0. The largest absolute Gasteiger partial charge is 0.481 e. The van der Waals surface area contributed by atoms with E-state index in [1.54, 1.807) is 5.38 Å². The van der Waals surface area contributed by atoms with Gasteiger partial charge in [0, 0.05) is 13.6 Å². The van der Waals surface area contributed by atoms with Crippen LogP contribution in [0.1, 0.15) is 6.42 Å². The molecule has 1 aromatic heterocycles. The predicted molar refractivity (Wildman–Crippen MR) is 61.4 cm³/mol. The zero-order valence-corrected chi connectivity index (χ0v) is 10.8. The lowest BCUT2D eigenvalue weighted by molar-refractivity contribution is -0.137. The molecule has 0 fully saturated rings. The minimum atomic E-state index is -3.67. The fraction of sp³-hybridized carbons (Fsp3) is 0.375. The maximum Gasteiger partial charge on any atom is 0.304 e. The summed E-state index contributed by atoms with van der Waals surface area (Å²) in [5.74, 6) is -1.04. The van der Waals surface area contributed by atoms with Gasteiger partial charge in [-0.1, -0.05) is 11.6 Å². The van der Waals surface area contributed by atoms with Crippen molar-refractivity contribution < 1.29 is 18.3 Å². The fourth-order valence-corrected chi connectivity index (χ4v) is 4.01. The number of rotatable bonds is 5. The maximum atomic E-state index is 11.9. The summed E-state index contributed by atoms with van der Waals surface area (Å²) in [6.45, 7) is -0.0775. The number of halogens is 1. The van der Waals surface area contributed by atoms with Gasteiger partial charge in [-0.25, -0.2) is 8.42 Å². The Morgan fingerprint density at radius 1 is 1.62 bits per heavy atom. The molecule has 5 nitrogen and oxygen atoms in total. The highest BCUT2D eigenvalue weighted by Gasteiger charge is 2.25. The van der Waals surface area contributed by atoms with Crippen LogP contribution in [-0.4, -0.2) is 37.4 Å². The zero-order valence-electron chi connectivity index (χ0n) is 8.38. The van der Waals surface area contributed by atoms with Crippen molar-refractivity contribution in [2.45, 2.75) is 10.6 Å². The van der Waals surface area contributed by atoms with E-state index >= 15 is 0 Å². The Bertz CT molecular complexity index is 482. The van der Waals surface area contributed by atoms with Gasteiger partial charge in [0.25, 0.3) is 10.0 Å². The molecule has 0 saturated carbocycles. The highest BCUT2D eigenvalue weighted by atomic mass is 35.5. The molecule has 0 saturated heterocycles. The van der Waals surface area contributed by atoms with Gasteiger partial charge in [0.2, 0.25) is 0 Å². The molecule has 16 heavy (non-hydrogen) atoms. The lowest BCUT2D eigenvalue weighted by atomic mass is 10.4. The predicted octanol–water partition coefficient (Wildman–Crippen LogP) is 1.50. The van der Waals surface area contributed by atoms with E-state index in [9.17, 15) is 13.2 Å². The molecular formula is C8H10ClNO4S2. The summed E-state index contributed by atoms with van der Waals surface area (Å²) in [7, 11) is -2.34. The average molecular weight is 284 g/mol. The van der Waals surface area contributed by atoms with Crippen LogP contribution < -0.4 is 0 Å². The van der Waals surface area contributed by atoms with Crippen LogP contribution in [0.3, 0.4) is 0 Å². The zero-order chi connectivity index (χ0) is 12.3. The summed E-state index contributed by atoms with van der Waals surface area (Å²) in [6, 6.07) is 1.49. The molecule has 1 N–H and O–H groups in total. The molecule has 1 aromatic rings. The topological polar surface area (TPSA) is 74.7 Å². The molecular weight excluding hydrogens is 274 g/mol. The summed E-state index contributed by atoms with van der Waals surface area (Å²) in [4.78, 5) is 10.3. The number of hydrogen-bond donors (Lipinski definition) is 1. The molecule has 0 bridgehead atoms. The first-order valence-electron chi connectivity index (χ1n) is 4.27. The van der Waals surface area contributed by atoms with E-state index in [-0.39, 0.29) is 22.2 Å². The number of thiophene rings is 1. The van der Waals surface area contributed by atoms with Gasteiger partial charge in [-0.15, -0.1) is 11.3 Å². The van der Waals surface area contributed by atoms with Crippen LogP contribution in [0.15, 0.2) is 15.7 Å². The van der Waals surface area contributed by atoms with Crippen LogP contribution in [0, 0.1) is 0 Å². The van der Waals surface area contributed by atoms with Gasteiger partial charge in [0.05, 0.1) is 11.4 Å². The van der Waals surface area contributed by atoms with Gasteiger partial charge in [-0.05, 0) is 11.4 Å². The van der Waals surface area contributed by atoms with Crippen molar-refractivity contribution in [3.63, 3.8) is 0 Å². The van der Waals surface area contributed by atoms with Gasteiger partial charge >= 0.3 is 5.97 Å². The highest BCUT2D eigenvalue weighted by molar-refractivity contribution is 7.91. The second-order valence-electron chi connectivity index (χ2n) is 3.03. The molecule has 90 valence electrons. The fourth-order valence-electron chi connectivity index (χ4n) is 0.979. The summed E-state index contributed by atoms with van der Waals surface area (Å²) in [6.07, 6.45) is -0.237. The molecule has 0 aromatic carbocycles. The number of carbonyl (C=O) groups is 1. The van der Waals surface area contributed by atoms with Crippen molar-refractivity contribution in [1.29, 1.82) is 0 Å². The van der Waals surface area contributed by atoms with E-state index in [1.165, 1.54) is 13.1 Å². The van der Waals surface area contributed by atoms with Gasteiger partial charge in [-0.2, -0.15) is 4.31 Å². The summed E-state index contributed by atoms with van der Waals surface area (Å²) < 4.78 is 24.8. The number of carboxylic acid groups (broad SMARTS) is 1. The Balaban J connectivity index is 2.86. The first-order valence-corrected chi connectivity index (χ1v) is 6.96. The average Bonchev–Trinajstić information content (AvgIpc) is 2.61. The van der Waals surface area contributed by atoms with Gasteiger partial charge in [0.15, 0.2) is 4.21 Å². The number of hydrogen-bond acceptors (Lipinski definition) is 4. The van der Waals surface area contributed by atoms with Crippen LogP contribution in [0.4, 0.5) is 0 Å². The number of nitrogens with zero attached hydrogens (tertiary/aromatic N) is 1. The van der Waals surface area contributed by atoms with Gasteiger partial charge in [0.1, 0.15) is 0 Å². The standard InChI is InChI=1S/C8H10ClNO4S2/c1-10(4-2-7(11)12)16(13,14)8-6(9)3-5-15-8/h3,5H,2,4H2,1H3,(H,11,12). The van der Waals surface area contributed by atoms with Crippen molar-refractivity contribution in [1.82, 2.24) is 4.31 Å². The van der Waals surface area contributed by atoms with E-state index < -0.39 is 16.0 Å².